The lowest BCUT2D eigenvalue weighted by molar-refractivity contribution is -0.387. The van der Waals surface area contributed by atoms with Gasteiger partial charge in [-0.25, -0.2) is 13.1 Å². The molecule has 0 radical (unpaired) electrons. The van der Waals surface area contributed by atoms with Gasteiger partial charge in [0.25, 0.3) is 5.69 Å². The van der Waals surface area contributed by atoms with Gasteiger partial charge in [0.2, 0.25) is 10.0 Å². The lowest BCUT2D eigenvalue weighted by atomic mass is 9.86. The fraction of sp³-hybridized carbons (Fsp3) is 0.333. The van der Waals surface area contributed by atoms with Crippen molar-refractivity contribution in [2.24, 2.45) is 5.41 Å². The Hall–Kier alpha value is -1.77. The van der Waals surface area contributed by atoms with E-state index in [9.17, 15) is 18.5 Å². The number of para-hydroxylation sites is 1. The number of nitrogens with zero attached hydrogens (tertiary/aromatic N) is 1. The summed E-state index contributed by atoms with van der Waals surface area (Å²) in [5, 5.41) is 13.0. The normalized spacial score (nSPS) is 13.7. The number of nitro groups is 1. The number of hydrogen-bond acceptors (Lipinski definition) is 5. The van der Waals surface area contributed by atoms with E-state index in [2.05, 4.69) is 4.72 Å². The molecule has 0 saturated carbocycles. The molecule has 0 aliphatic carbocycles. The summed E-state index contributed by atoms with van der Waals surface area (Å²) in [6, 6.07) is 8.56. The van der Waals surface area contributed by atoms with E-state index in [0.29, 0.717) is 0 Å². The quantitative estimate of drug-likeness (QED) is 0.654. The highest BCUT2D eigenvalue weighted by atomic mass is 32.2. The van der Waals surface area contributed by atoms with Crippen LogP contribution in [0.4, 0.5) is 5.69 Å². The molecule has 1 heterocycles. The van der Waals surface area contributed by atoms with Crippen molar-refractivity contribution in [3.05, 3.63) is 56.8 Å². The van der Waals surface area contributed by atoms with Gasteiger partial charge in [0.05, 0.1) is 11.0 Å². The molecule has 0 bridgehead atoms. The maximum absolute atomic E-state index is 12.7. The van der Waals surface area contributed by atoms with Crippen molar-refractivity contribution in [3.63, 3.8) is 0 Å². The van der Waals surface area contributed by atoms with Crippen LogP contribution in [0.5, 0.6) is 0 Å². The summed E-state index contributed by atoms with van der Waals surface area (Å²) >= 11 is 1.44. The third-order valence-corrected chi connectivity index (χ3v) is 5.73. The number of nitro benzene ring substituents is 1. The van der Waals surface area contributed by atoms with Gasteiger partial charge in [-0.2, -0.15) is 0 Å². The summed E-state index contributed by atoms with van der Waals surface area (Å²) < 4.78 is 28.0. The van der Waals surface area contributed by atoms with Crippen molar-refractivity contribution in [2.75, 3.05) is 0 Å². The molecule has 0 spiro atoms. The van der Waals surface area contributed by atoms with Crippen LogP contribution in [0.25, 0.3) is 0 Å². The first-order valence-electron chi connectivity index (χ1n) is 6.92. The van der Waals surface area contributed by atoms with Crippen LogP contribution in [0.15, 0.2) is 46.7 Å². The minimum atomic E-state index is -4.03. The van der Waals surface area contributed by atoms with E-state index in [4.69, 9.17) is 0 Å². The second-order valence-electron chi connectivity index (χ2n) is 6.16. The minimum absolute atomic E-state index is 0.323. The molecular formula is C15H18N2O4S2. The molecule has 124 valence electrons. The Balaban J connectivity index is 2.46. The van der Waals surface area contributed by atoms with Gasteiger partial charge >= 0.3 is 0 Å². The number of nitrogens with one attached hydrogen (secondary N) is 1. The molecule has 1 unspecified atom stereocenters. The topological polar surface area (TPSA) is 89.3 Å². The maximum Gasteiger partial charge on any atom is 0.289 e. The van der Waals surface area contributed by atoms with Crippen LogP contribution in [0, 0.1) is 15.5 Å². The third kappa shape index (κ3) is 3.95. The van der Waals surface area contributed by atoms with Gasteiger partial charge in [0, 0.05) is 10.9 Å². The highest BCUT2D eigenvalue weighted by molar-refractivity contribution is 7.89. The first kappa shape index (κ1) is 17.6. The van der Waals surface area contributed by atoms with Crippen LogP contribution >= 0.6 is 11.3 Å². The van der Waals surface area contributed by atoms with Gasteiger partial charge in [-0.1, -0.05) is 39.0 Å². The van der Waals surface area contributed by atoms with E-state index in [1.54, 1.807) is 0 Å². The molecule has 1 atom stereocenters. The fourth-order valence-electron chi connectivity index (χ4n) is 2.17. The molecule has 1 aromatic heterocycles. The van der Waals surface area contributed by atoms with E-state index in [-0.39, 0.29) is 10.3 Å². The zero-order valence-corrected chi connectivity index (χ0v) is 14.6. The van der Waals surface area contributed by atoms with Crippen LogP contribution in [-0.2, 0) is 10.0 Å². The van der Waals surface area contributed by atoms with E-state index in [1.165, 1.54) is 35.6 Å². The summed E-state index contributed by atoms with van der Waals surface area (Å²) in [5.74, 6) is 0. The van der Waals surface area contributed by atoms with Crippen molar-refractivity contribution in [2.45, 2.75) is 31.7 Å². The highest BCUT2D eigenvalue weighted by Gasteiger charge is 2.34. The maximum atomic E-state index is 12.7. The second-order valence-corrected chi connectivity index (χ2v) is 8.82. The summed E-state index contributed by atoms with van der Waals surface area (Å²) in [6.07, 6.45) is 0. The van der Waals surface area contributed by atoms with E-state index < -0.39 is 26.7 Å². The Morgan fingerprint density at radius 1 is 1.17 bits per heavy atom. The molecule has 23 heavy (non-hydrogen) atoms. The Morgan fingerprint density at radius 3 is 2.35 bits per heavy atom. The predicted octanol–water partition coefficient (Wildman–Crippen LogP) is 3.72. The number of hydrogen-bond donors (Lipinski definition) is 1. The summed E-state index contributed by atoms with van der Waals surface area (Å²) in [7, 11) is -4.03. The van der Waals surface area contributed by atoms with Gasteiger partial charge in [0.1, 0.15) is 0 Å². The summed E-state index contributed by atoms with van der Waals surface area (Å²) in [4.78, 5) is 10.9. The van der Waals surface area contributed by atoms with Gasteiger partial charge in [-0.15, -0.1) is 11.3 Å². The van der Waals surface area contributed by atoms with Gasteiger partial charge in [-0.05, 0) is 22.9 Å². The number of sulfonamides is 1. The third-order valence-electron chi connectivity index (χ3n) is 3.32. The summed E-state index contributed by atoms with van der Waals surface area (Å²) in [6.45, 7) is 5.75. The average Bonchev–Trinajstić information content (AvgIpc) is 2.97. The van der Waals surface area contributed by atoms with E-state index in [0.717, 1.165) is 4.88 Å². The van der Waals surface area contributed by atoms with Gasteiger partial charge in [0.15, 0.2) is 4.90 Å². The van der Waals surface area contributed by atoms with E-state index in [1.807, 2.05) is 38.3 Å². The molecule has 6 nitrogen and oxygen atoms in total. The number of thiophene rings is 1. The zero-order valence-electron chi connectivity index (χ0n) is 13.0. The Morgan fingerprint density at radius 2 is 1.83 bits per heavy atom. The molecule has 8 heteroatoms. The molecule has 0 aliphatic rings. The van der Waals surface area contributed by atoms with Crippen LogP contribution in [-0.4, -0.2) is 13.3 Å². The van der Waals surface area contributed by atoms with Gasteiger partial charge < -0.3 is 0 Å². The van der Waals surface area contributed by atoms with Crippen molar-refractivity contribution in [3.8, 4) is 0 Å². The largest absolute Gasteiger partial charge is 0.289 e. The minimum Gasteiger partial charge on any atom is -0.258 e. The molecule has 0 amide bonds. The number of benzene rings is 1. The van der Waals surface area contributed by atoms with Crippen LogP contribution in [0.2, 0.25) is 0 Å². The predicted molar refractivity (Wildman–Crippen MR) is 89.9 cm³/mol. The first-order valence-corrected chi connectivity index (χ1v) is 9.28. The molecule has 2 aromatic rings. The molecule has 0 aliphatic heterocycles. The highest BCUT2D eigenvalue weighted by Crippen LogP contribution is 2.37. The fourth-order valence-corrected chi connectivity index (χ4v) is 4.86. The monoisotopic (exact) mass is 354 g/mol. The van der Waals surface area contributed by atoms with Crippen molar-refractivity contribution in [1.82, 2.24) is 4.72 Å². The standard InChI is InChI=1S/C15H18N2O4S2/c1-15(2,3)14(12-8-6-10-22-12)16-23(20,21)13-9-5-4-7-11(13)17(18)19/h4-10,14,16H,1-3H3. The molecule has 1 aromatic carbocycles. The van der Waals surface area contributed by atoms with E-state index >= 15 is 0 Å². The number of rotatable bonds is 5. The van der Waals surface area contributed by atoms with Crippen LogP contribution in [0.3, 0.4) is 0 Å². The lowest BCUT2D eigenvalue weighted by Crippen LogP contribution is -2.36. The summed E-state index contributed by atoms with van der Waals surface area (Å²) in [5.41, 5.74) is -0.819. The SMILES string of the molecule is CC(C)(C)C(NS(=O)(=O)c1ccccc1[N+](=O)[O-])c1cccs1. The zero-order chi connectivity index (χ0) is 17.3. The van der Waals surface area contributed by atoms with Crippen molar-refractivity contribution >= 4 is 27.0 Å². The Labute approximate surface area is 139 Å². The second kappa shape index (κ2) is 6.38. The average molecular weight is 354 g/mol. The van der Waals surface area contributed by atoms with Crippen molar-refractivity contribution < 1.29 is 13.3 Å². The lowest BCUT2D eigenvalue weighted by Gasteiger charge is -2.30. The van der Waals surface area contributed by atoms with Crippen LogP contribution < -0.4 is 4.72 Å². The van der Waals surface area contributed by atoms with Crippen molar-refractivity contribution in [1.29, 1.82) is 0 Å². The molecule has 0 saturated heterocycles. The Bertz CT molecular complexity index is 793. The molecule has 0 fully saturated rings. The first-order chi connectivity index (χ1) is 10.6. The van der Waals surface area contributed by atoms with Crippen LogP contribution in [0.1, 0.15) is 31.7 Å². The molecule has 2 rings (SSSR count). The molecular weight excluding hydrogens is 336 g/mol. The smallest absolute Gasteiger partial charge is 0.258 e. The van der Waals surface area contributed by atoms with Gasteiger partial charge in [-0.3, -0.25) is 10.1 Å². The molecule has 1 N–H and O–H groups in total. The Kier molecular flexibility index (Phi) is 4.88.